The summed E-state index contributed by atoms with van der Waals surface area (Å²) in [6.45, 7) is 1.48. The molecule has 1 heterocycles. The number of ether oxygens (including phenoxy) is 4. The van der Waals surface area contributed by atoms with Gasteiger partial charge < -0.3 is 29.0 Å². The van der Waals surface area contributed by atoms with Crippen LogP contribution in [0.25, 0.3) is 0 Å². The molecule has 1 N–H and O–H groups in total. The van der Waals surface area contributed by atoms with Crippen molar-refractivity contribution in [1.82, 2.24) is 4.90 Å². The van der Waals surface area contributed by atoms with Crippen LogP contribution in [0.1, 0.15) is 18.1 Å². The van der Waals surface area contributed by atoms with Crippen molar-refractivity contribution >= 4 is 5.97 Å². The van der Waals surface area contributed by atoms with Crippen LogP contribution in [0.3, 0.4) is 0 Å². The zero-order valence-electron chi connectivity index (χ0n) is 16.3. The van der Waals surface area contributed by atoms with Gasteiger partial charge in [-0.1, -0.05) is 18.2 Å². The minimum absolute atomic E-state index is 0.416. The highest BCUT2D eigenvalue weighted by Gasteiger charge is 2.38. The van der Waals surface area contributed by atoms with E-state index >= 15 is 0 Å². The summed E-state index contributed by atoms with van der Waals surface area (Å²) in [5, 5.41) is 9.60. The average Bonchev–Trinajstić information content (AvgIpc) is 2.70. The van der Waals surface area contributed by atoms with Gasteiger partial charge in [0.2, 0.25) is 6.10 Å². The van der Waals surface area contributed by atoms with Crippen molar-refractivity contribution in [3.05, 3.63) is 48.0 Å². The fraction of sp³-hybridized carbons (Fsp3) is 0.381. The highest BCUT2D eigenvalue weighted by molar-refractivity contribution is 5.75. The largest absolute Gasteiger partial charge is 0.493 e. The predicted octanol–water partition coefficient (Wildman–Crippen LogP) is 2.99. The van der Waals surface area contributed by atoms with Crippen molar-refractivity contribution in [2.75, 3.05) is 34.4 Å². The van der Waals surface area contributed by atoms with Gasteiger partial charge in [-0.25, -0.2) is 4.79 Å². The Morgan fingerprint density at radius 2 is 1.82 bits per heavy atom. The number of benzene rings is 2. The molecule has 28 heavy (non-hydrogen) atoms. The van der Waals surface area contributed by atoms with E-state index in [1.165, 1.54) is 0 Å². The highest BCUT2D eigenvalue weighted by atomic mass is 16.6. The summed E-state index contributed by atoms with van der Waals surface area (Å²) in [7, 11) is 5.57. The van der Waals surface area contributed by atoms with Crippen LogP contribution in [0.4, 0.5) is 0 Å². The molecule has 0 aromatic heterocycles. The Morgan fingerprint density at radius 3 is 2.46 bits per heavy atom. The van der Waals surface area contributed by atoms with Gasteiger partial charge in [-0.3, -0.25) is 0 Å². The average molecular weight is 387 g/mol. The molecule has 0 amide bonds. The van der Waals surface area contributed by atoms with E-state index in [0.29, 0.717) is 35.2 Å². The summed E-state index contributed by atoms with van der Waals surface area (Å²) in [6, 6.07) is 12.3. The fourth-order valence-corrected chi connectivity index (χ4v) is 3.01. The Labute approximate surface area is 164 Å². The number of carbonyl (C=O) groups is 1. The Morgan fingerprint density at radius 1 is 1.11 bits per heavy atom. The molecular formula is C21H25NO6. The second-order valence-electron chi connectivity index (χ2n) is 6.78. The number of hydrogen-bond donors (Lipinski definition) is 1. The molecule has 1 aliphatic rings. The van der Waals surface area contributed by atoms with Crippen LogP contribution in [-0.4, -0.2) is 56.4 Å². The molecule has 0 radical (unpaired) electrons. The molecule has 1 aliphatic heterocycles. The predicted molar refractivity (Wildman–Crippen MR) is 104 cm³/mol. The summed E-state index contributed by atoms with van der Waals surface area (Å²) in [5.41, 5.74) is 0.638. The topological polar surface area (TPSA) is 77.5 Å². The Hall–Kier alpha value is -2.93. The smallest absolute Gasteiger partial charge is 0.349 e. The fourth-order valence-electron chi connectivity index (χ4n) is 3.01. The van der Waals surface area contributed by atoms with E-state index in [1.54, 1.807) is 43.5 Å². The molecular weight excluding hydrogens is 362 g/mol. The first-order valence-corrected chi connectivity index (χ1v) is 9.10. The first-order valence-electron chi connectivity index (χ1n) is 9.10. The number of nitrogens with zero attached hydrogens (tertiary/aromatic N) is 1. The number of hydrogen-bond acceptors (Lipinski definition) is 6. The van der Waals surface area contributed by atoms with Gasteiger partial charge in [0.1, 0.15) is 0 Å². The standard InChI is InChI=1S/C21H25NO6/c1-22(2)11-6-12-26-15-10-9-14(13-18(15)25-3)19-20(21(23)24)28-17-8-5-4-7-16(17)27-19/h4-5,7-10,13,19-20H,6,11-12H2,1-3H3,(H,23,24). The molecule has 2 aromatic rings. The summed E-state index contributed by atoms with van der Waals surface area (Å²) in [5.74, 6) is 0.956. The van der Waals surface area contributed by atoms with Gasteiger partial charge >= 0.3 is 5.97 Å². The number of carboxylic acid groups (broad SMARTS) is 1. The maximum absolute atomic E-state index is 11.7. The first-order chi connectivity index (χ1) is 13.5. The molecule has 7 heteroatoms. The van der Waals surface area contributed by atoms with Crippen molar-refractivity contribution < 1.29 is 28.8 Å². The number of methoxy groups -OCH3 is 1. The Balaban J connectivity index is 1.80. The minimum atomic E-state index is -1.16. The van der Waals surface area contributed by atoms with Crippen LogP contribution in [0.2, 0.25) is 0 Å². The third-order valence-electron chi connectivity index (χ3n) is 4.40. The lowest BCUT2D eigenvalue weighted by atomic mass is 10.0. The van der Waals surface area contributed by atoms with E-state index in [1.807, 2.05) is 20.2 Å². The number of para-hydroxylation sites is 2. The number of aliphatic carboxylic acids is 1. The van der Waals surface area contributed by atoms with Gasteiger partial charge in [-0.05, 0) is 44.8 Å². The lowest BCUT2D eigenvalue weighted by molar-refractivity contribution is -0.151. The molecule has 0 saturated carbocycles. The highest BCUT2D eigenvalue weighted by Crippen LogP contribution is 2.41. The Kier molecular flexibility index (Phi) is 6.26. The molecule has 2 aromatic carbocycles. The van der Waals surface area contributed by atoms with Crippen molar-refractivity contribution in [3.8, 4) is 23.0 Å². The van der Waals surface area contributed by atoms with E-state index in [4.69, 9.17) is 18.9 Å². The van der Waals surface area contributed by atoms with E-state index < -0.39 is 18.2 Å². The van der Waals surface area contributed by atoms with Gasteiger partial charge in [0.25, 0.3) is 0 Å². The van der Waals surface area contributed by atoms with Crippen molar-refractivity contribution in [1.29, 1.82) is 0 Å². The Bertz CT molecular complexity index is 822. The number of rotatable bonds is 8. The van der Waals surface area contributed by atoms with E-state index in [2.05, 4.69) is 4.90 Å². The lowest BCUT2D eigenvalue weighted by Gasteiger charge is -2.32. The third kappa shape index (κ3) is 4.48. The molecule has 0 saturated heterocycles. The summed E-state index contributed by atoms with van der Waals surface area (Å²) >= 11 is 0. The van der Waals surface area contributed by atoms with E-state index in [0.717, 1.165) is 13.0 Å². The van der Waals surface area contributed by atoms with Gasteiger partial charge in [-0.2, -0.15) is 0 Å². The molecule has 2 unspecified atom stereocenters. The second kappa shape index (κ2) is 8.84. The number of carboxylic acids is 1. The van der Waals surface area contributed by atoms with Crippen LogP contribution in [0.5, 0.6) is 23.0 Å². The van der Waals surface area contributed by atoms with Crippen LogP contribution < -0.4 is 18.9 Å². The molecule has 3 rings (SSSR count). The van der Waals surface area contributed by atoms with Crippen LogP contribution in [0.15, 0.2) is 42.5 Å². The third-order valence-corrected chi connectivity index (χ3v) is 4.40. The van der Waals surface area contributed by atoms with Gasteiger partial charge in [0, 0.05) is 12.1 Å². The first kappa shape index (κ1) is 19.8. The monoisotopic (exact) mass is 387 g/mol. The minimum Gasteiger partial charge on any atom is -0.493 e. The quantitative estimate of drug-likeness (QED) is 0.698. The summed E-state index contributed by atoms with van der Waals surface area (Å²) in [6.07, 6.45) is -1.08. The van der Waals surface area contributed by atoms with E-state index in [9.17, 15) is 9.90 Å². The molecule has 2 atom stereocenters. The van der Waals surface area contributed by atoms with Crippen LogP contribution >= 0.6 is 0 Å². The zero-order chi connectivity index (χ0) is 20.1. The summed E-state index contributed by atoms with van der Waals surface area (Å²) < 4.78 is 22.9. The molecule has 0 fully saturated rings. The zero-order valence-corrected chi connectivity index (χ0v) is 16.3. The molecule has 0 bridgehead atoms. The van der Waals surface area contributed by atoms with Crippen LogP contribution in [-0.2, 0) is 4.79 Å². The second-order valence-corrected chi connectivity index (χ2v) is 6.78. The van der Waals surface area contributed by atoms with Gasteiger partial charge in [0.05, 0.1) is 13.7 Å². The molecule has 150 valence electrons. The van der Waals surface area contributed by atoms with Crippen molar-refractivity contribution in [2.24, 2.45) is 0 Å². The molecule has 0 aliphatic carbocycles. The SMILES string of the molecule is COc1cc(C2Oc3ccccc3OC2C(=O)O)ccc1OCCCN(C)C. The van der Waals surface area contributed by atoms with E-state index in [-0.39, 0.29) is 0 Å². The molecule has 0 spiro atoms. The van der Waals surface area contributed by atoms with Crippen LogP contribution in [0, 0.1) is 0 Å². The summed E-state index contributed by atoms with van der Waals surface area (Å²) in [4.78, 5) is 13.8. The lowest BCUT2D eigenvalue weighted by Crippen LogP contribution is -2.39. The van der Waals surface area contributed by atoms with Gasteiger partial charge in [0.15, 0.2) is 29.1 Å². The van der Waals surface area contributed by atoms with Crippen molar-refractivity contribution in [2.45, 2.75) is 18.6 Å². The maximum Gasteiger partial charge on any atom is 0.349 e. The van der Waals surface area contributed by atoms with Crippen molar-refractivity contribution in [3.63, 3.8) is 0 Å². The number of fused-ring (bicyclic) bond motifs is 1. The molecule has 7 nitrogen and oxygen atoms in total. The normalized spacial score (nSPS) is 18.0. The maximum atomic E-state index is 11.7. The van der Waals surface area contributed by atoms with Gasteiger partial charge in [-0.15, -0.1) is 0 Å².